The topological polar surface area (TPSA) is 36.9 Å². The highest BCUT2D eigenvalue weighted by Crippen LogP contribution is 2.44. The second-order valence-electron chi connectivity index (χ2n) is 11.6. The Kier molecular flexibility index (Phi) is 6.09. The van der Waals surface area contributed by atoms with Crippen LogP contribution in [-0.4, -0.2) is 0 Å². The van der Waals surface area contributed by atoms with Crippen molar-refractivity contribution in [1.82, 2.24) is 0 Å². The number of hydrogen-bond acceptors (Lipinski definition) is 3. The van der Waals surface area contributed by atoms with E-state index in [0.29, 0.717) is 5.56 Å². The van der Waals surface area contributed by atoms with Crippen molar-refractivity contribution in [3.8, 4) is 50.6 Å². The lowest BCUT2D eigenvalue weighted by Crippen LogP contribution is -1.91. The fraction of sp³-hybridized carbons (Fsp3) is 0. The molecule has 0 aliphatic carbocycles. The smallest absolute Gasteiger partial charge is 0.135 e. The number of rotatable bonds is 4. The monoisotopic (exact) mass is 603 g/mol. The van der Waals surface area contributed by atoms with Gasteiger partial charge in [0.1, 0.15) is 11.2 Å². The molecule has 2 heterocycles. The third kappa shape index (κ3) is 4.31. The molecule has 9 aromatic rings. The van der Waals surface area contributed by atoms with E-state index in [2.05, 4.69) is 115 Å². The van der Waals surface area contributed by atoms with E-state index in [0.717, 1.165) is 60.9 Å². The van der Waals surface area contributed by atoms with E-state index < -0.39 is 0 Å². The number of fused-ring (bicyclic) bond motifs is 6. The molecule has 0 aliphatic rings. The fourth-order valence-electron chi connectivity index (χ4n) is 6.72. The molecule has 2 aromatic heterocycles. The Morgan fingerprint density at radius 3 is 2.04 bits per heavy atom. The Balaban J connectivity index is 1.31. The third-order valence-electron chi connectivity index (χ3n) is 8.90. The molecular formula is C43H25NOS. The number of furan rings is 1. The van der Waals surface area contributed by atoms with Gasteiger partial charge in [-0.25, -0.2) is 0 Å². The lowest BCUT2D eigenvalue weighted by molar-refractivity contribution is 0.669. The van der Waals surface area contributed by atoms with Crippen molar-refractivity contribution in [2.45, 2.75) is 0 Å². The van der Waals surface area contributed by atoms with Crippen molar-refractivity contribution < 1.29 is 4.42 Å². The summed E-state index contributed by atoms with van der Waals surface area (Å²) in [5, 5.41) is 14.9. The summed E-state index contributed by atoms with van der Waals surface area (Å²) < 4.78 is 8.73. The van der Waals surface area contributed by atoms with Gasteiger partial charge in [0, 0.05) is 30.9 Å². The Morgan fingerprint density at radius 2 is 1.15 bits per heavy atom. The molecule has 0 unspecified atom stereocenters. The summed E-state index contributed by atoms with van der Waals surface area (Å²) in [7, 11) is 0. The second kappa shape index (κ2) is 10.6. The molecule has 0 spiro atoms. The minimum Gasteiger partial charge on any atom is -0.456 e. The highest BCUT2D eigenvalue weighted by molar-refractivity contribution is 7.26. The molecule has 0 aliphatic heterocycles. The maximum absolute atomic E-state index is 10.1. The van der Waals surface area contributed by atoms with Gasteiger partial charge in [-0.05, 0) is 93.0 Å². The summed E-state index contributed by atoms with van der Waals surface area (Å²) in [5.41, 5.74) is 11.2. The summed E-state index contributed by atoms with van der Waals surface area (Å²) in [6.45, 7) is 0. The van der Waals surface area contributed by atoms with E-state index in [-0.39, 0.29) is 0 Å². The van der Waals surface area contributed by atoms with Crippen LogP contribution in [0.5, 0.6) is 0 Å². The molecule has 0 fully saturated rings. The molecule has 7 aromatic carbocycles. The quantitative estimate of drug-likeness (QED) is 0.201. The third-order valence-corrected chi connectivity index (χ3v) is 10.1. The van der Waals surface area contributed by atoms with Gasteiger partial charge < -0.3 is 4.42 Å². The lowest BCUT2D eigenvalue weighted by Gasteiger charge is -2.15. The average molecular weight is 604 g/mol. The van der Waals surface area contributed by atoms with Gasteiger partial charge in [-0.15, -0.1) is 11.3 Å². The Bertz CT molecular complexity index is 2650. The van der Waals surface area contributed by atoms with Crippen LogP contribution in [0, 0.1) is 11.3 Å². The van der Waals surface area contributed by atoms with Gasteiger partial charge in [0.15, 0.2) is 0 Å². The van der Waals surface area contributed by atoms with Gasteiger partial charge in [-0.2, -0.15) is 5.26 Å². The number of hydrogen-bond donors (Lipinski definition) is 0. The highest BCUT2D eigenvalue weighted by atomic mass is 32.1. The summed E-state index contributed by atoms with van der Waals surface area (Å²) in [6, 6.07) is 55.6. The van der Waals surface area contributed by atoms with Crippen molar-refractivity contribution in [2.75, 3.05) is 0 Å². The van der Waals surface area contributed by atoms with Crippen molar-refractivity contribution in [1.29, 1.82) is 5.26 Å². The van der Waals surface area contributed by atoms with Crippen LogP contribution in [0.25, 0.3) is 86.6 Å². The van der Waals surface area contributed by atoms with E-state index in [9.17, 15) is 5.26 Å². The largest absolute Gasteiger partial charge is 0.456 e. The zero-order valence-electron chi connectivity index (χ0n) is 24.7. The first-order valence-corrected chi connectivity index (χ1v) is 16.1. The van der Waals surface area contributed by atoms with Crippen LogP contribution in [0.3, 0.4) is 0 Å². The Morgan fingerprint density at radius 1 is 0.435 bits per heavy atom. The Hall–Kier alpha value is -5.95. The fourth-order valence-corrected chi connectivity index (χ4v) is 7.95. The standard InChI is InChI=1S/C43H25NOS/c44-26-27-21-31(28-9-2-1-3-10-28)23-32(22-27)38-24-30(34-13-8-14-37-36-12-5-7-16-42(36)46-43(34)37)17-19-33(38)29-18-20-41-39(25-29)35-11-4-6-15-40(35)45-41/h1-25H. The zero-order chi connectivity index (χ0) is 30.6. The highest BCUT2D eigenvalue weighted by Gasteiger charge is 2.17. The molecule has 214 valence electrons. The van der Waals surface area contributed by atoms with Crippen molar-refractivity contribution in [2.24, 2.45) is 0 Å². The van der Waals surface area contributed by atoms with E-state index in [4.69, 9.17) is 4.42 Å². The number of para-hydroxylation sites is 1. The van der Waals surface area contributed by atoms with Crippen molar-refractivity contribution >= 4 is 53.4 Å². The predicted molar refractivity (Wildman–Crippen MR) is 193 cm³/mol. The number of thiophene rings is 1. The van der Waals surface area contributed by atoms with Gasteiger partial charge >= 0.3 is 0 Å². The minimum absolute atomic E-state index is 0.635. The van der Waals surface area contributed by atoms with Gasteiger partial charge in [0.25, 0.3) is 0 Å². The summed E-state index contributed by atoms with van der Waals surface area (Å²) in [5.74, 6) is 0. The first-order valence-electron chi connectivity index (χ1n) is 15.3. The maximum atomic E-state index is 10.1. The first-order chi connectivity index (χ1) is 22.7. The molecule has 0 saturated heterocycles. The maximum Gasteiger partial charge on any atom is 0.135 e. The van der Waals surface area contributed by atoms with Gasteiger partial charge in [0.2, 0.25) is 0 Å². The van der Waals surface area contributed by atoms with Crippen LogP contribution < -0.4 is 0 Å². The van der Waals surface area contributed by atoms with E-state index >= 15 is 0 Å². The predicted octanol–water partition coefficient (Wildman–Crippen LogP) is 12.5. The van der Waals surface area contributed by atoms with Gasteiger partial charge in [-0.3, -0.25) is 0 Å². The lowest BCUT2D eigenvalue weighted by atomic mass is 9.88. The van der Waals surface area contributed by atoms with E-state index in [1.807, 2.05) is 53.8 Å². The minimum atomic E-state index is 0.635. The van der Waals surface area contributed by atoms with Crippen molar-refractivity contribution in [3.05, 3.63) is 157 Å². The second-order valence-corrected chi connectivity index (χ2v) is 12.7. The van der Waals surface area contributed by atoms with Crippen molar-refractivity contribution in [3.63, 3.8) is 0 Å². The average Bonchev–Trinajstić information content (AvgIpc) is 3.70. The Labute approximate surface area is 270 Å². The first kappa shape index (κ1) is 26.5. The molecule has 46 heavy (non-hydrogen) atoms. The summed E-state index contributed by atoms with van der Waals surface area (Å²) in [6.07, 6.45) is 0. The number of nitrogens with zero attached hydrogens (tertiary/aromatic N) is 1. The van der Waals surface area contributed by atoms with Crippen LogP contribution in [0.2, 0.25) is 0 Å². The normalized spacial score (nSPS) is 11.5. The number of benzene rings is 7. The zero-order valence-corrected chi connectivity index (χ0v) is 25.5. The molecule has 9 rings (SSSR count). The van der Waals surface area contributed by atoms with Gasteiger partial charge in [0.05, 0.1) is 11.6 Å². The van der Waals surface area contributed by atoms with Gasteiger partial charge in [-0.1, -0.05) is 103 Å². The SMILES string of the molecule is N#Cc1cc(-c2ccccc2)cc(-c2cc(-c3cccc4c3sc3ccccc34)ccc2-c2ccc3oc4ccccc4c3c2)c1. The number of nitriles is 1. The van der Waals surface area contributed by atoms with Crippen LogP contribution in [0.15, 0.2) is 156 Å². The molecule has 0 radical (unpaired) electrons. The van der Waals surface area contributed by atoms with E-state index in [1.54, 1.807) is 0 Å². The molecule has 0 atom stereocenters. The molecule has 0 N–H and O–H groups in total. The molecule has 0 bridgehead atoms. The molecule has 0 amide bonds. The molecular weight excluding hydrogens is 579 g/mol. The molecule has 3 heteroatoms. The van der Waals surface area contributed by atoms with Crippen LogP contribution in [0.4, 0.5) is 0 Å². The molecule has 2 nitrogen and oxygen atoms in total. The van der Waals surface area contributed by atoms with E-state index in [1.165, 1.54) is 25.7 Å². The summed E-state index contributed by atoms with van der Waals surface area (Å²) >= 11 is 1.84. The van der Waals surface area contributed by atoms with Crippen LogP contribution in [-0.2, 0) is 0 Å². The van der Waals surface area contributed by atoms with Crippen LogP contribution >= 0.6 is 11.3 Å². The summed E-state index contributed by atoms with van der Waals surface area (Å²) in [4.78, 5) is 0. The van der Waals surface area contributed by atoms with Crippen LogP contribution in [0.1, 0.15) is 5.56 Å². The molecule has 0 saturated carbocycles.